The Kier molecular flexibility index (Phi) is 3.76. The smallest absolute Gasteiger partial charge is 0.335 e. The monoisotopic (exact) mass is 276 g/mol. The number of rotatable bonds is 5. The van der Waals surface area contributed by atoms with E-state index >= 15 is 0 Å². The van der Waals surface area contributed by atoms with Crippen LogP contribution in [0.2, 0.25) is 0 Å². The zero-order valence-corrected chi connectivity index (χ0v) is 11.5. The SMILES string of the molecule is O=C(O)c1ccccc1C1(COC2CCCCO2)CC1. The molecule has 1 heterocycles. The first-order chi connectivity index (χ1) is 9.71. The van der Waals surface area contributed by atoms with Gasteiger partial charge < -0.3 is 14.6 Å². The van der Waals surface area contributed by atoms with E-state index in [1.165, 1.54) is 0 Å². The Morgan fingerprint density at radius 1 is 1.35 bits per heavy atom. The molecular weight excluding hydrogens is 256 g/mol. The van der Waals surface area contributed by atoms with Crippen molar-refractivity contribution >= 4 is 5.97 Å². The summed E-state index contributed by atoms with van der Waals surface area (Å²) in [6.45, 7) is 1.32. The van der Waals surface area contributed by atoms with E-state index in [2.05, 4.69) is 0 Å². The molecule has 1 N–H and O–H groups in total. The van der Waals surface area contributed by atoms with Gasteiger partial charge in [-0.25, -0.2) is 4.79 Å². The molecule has 20 heavy (non-hydrogen) atoms. The summed E-state index contributed by atoms with van der Waals surface area (Å²) in [5.41, 5.74) is 1.19. The molecule has 1 unspecified atom stereocenters. The van der Waals surface area contributed by atoms with Crippen LogP contribution in [-0.4, -0.2) is 30.6 Å². The highest BCUT2D eigenvalue weighted by Gasteiger charge is 2.47. The van der Waals surface area contributed by atoms with Crippen LogP contribution in [0.5, 0.6) is 0 Å². The number of aromatic carboxylic acids is 1. The van der Waals surface area contributed by atoms with E-state index in [0.717, 1.165) is 44.3 Å². The molecule has 0 radical (unpaired) electrons. The summed E-state index contributed by atoms with van der Waals surface area (Å²) in [6.07, 6.45) is 5.05. The predicted molar refractivity (Wildman–Crippen MR) is 73.9 cm³/mol. The van der Waals surface area contributed by atoms with E-state index < -0.39 is 5.97 Å². The summed E-state index contributed by atoms with van der Waals surface area (Å²) in [6, 6.07) is 7.27. The molecule has 0 spiro atoms. The molecule has 4 heteroatoms. The van der Waals surface area contributed by atoms with Crippen LogP contribution in [0.1, 0.15) is 48.0 Å². The van der Waals surface area contributed by atoms with Crippen molar-refractivity contribution in [2.24, 2.45) is 0 Å². The first kappa shape index (κ1) is 13.6. The maximum atomic E-state index is 11.3. The lowest BCUT2D eigenvalue weighted by Crippen LogP contribution is -2.27. The van der Waals surface area contributed by atoms with Crippen LogP contribution < -0.4 is 0 Å². The Balaban J connectivity index is 1.71. The molecule has 1 saturated carbocycles. The Morgan fingerprint density at radius 2 is 2.15 bits per heavy atom. The molecule has 0 aromatic heterocycles. The van der Waals surface area contributed by atoms with Gasteiger partial charge >= 0.3 is 5.97 Å². The molecule has 1 aromatic carbocycles. The van der Waals surface area contributed by atoms with Gasteiger partial charge in [0.25, 0.3) is 0 Å². The van der Waals surface area contributed by atoms with Crippen LogP contribution in [0.4, 0.5) is 0 Å². The van der Waals surface area contributed by atoms with Gasteiger partial charge in [-0.2, -0.15) is 0 Å². The number of carboxylic acid groups (broad SMARTS) is 1. The number of hydrogen-bond donors (Lipinski definition) is 1. The largest absolute Gasteiger partial charge is 0.478 e. The number of benzene rings is 1. The second-order valence-electron chi connectivity index (χ2n) is 5.74. The first-order valence-corrected chi connectivity index (χ1v) is 7.27. The standard InChI is InChI=1S/C16H20O4/c17-15(18)12-5-1-2-6-13(12)16(8-9-16)11-20-14-7-3-4-10-19-14/h1-2,5-6,14H,3-4,7-11H2,(H,17,18). The van der Waals surface area contributed by atoms with Crippen molar-refractivity contribution in [3.8, 4) is 0 Å². The van der Waals surface area contributed by atoms with E-state index in [0.29, 0.717) is 12.2 Å². The summed E-state index contributed by atoms with van der Waals surface area (Å²) >= 11 is 0. The highest BCUT2D eigenvalue weighted by molar-refractivity contribution is 5.90. The molecule has 1 atom stereocenters. The van der Waals surface area contributed by atoms with Gasteiger partial charge in [0.15, 0.2) is 6.29 Å². The number of carbonyl (C=O) groups is 1. The average Bonchev–Trinajstić information content (AvgIpc) is 3.27. The molecule has 3 rings (SSSR count). The zero-order chi connectivity index (χ0) is 14.0. The third kappa shape index (κ3) is 2.72. The summed E-state index contributed by atoms with van der Waals surface area (Å²) in [4.78, 5) is 11.3. The number of ether oxygens (including phenoxy) is 2. The van der Waals surface area contributed by atoms with E-state index in [1.807, 2.05) is 12.1 Å². The van der Waals surface area contributed by atoms with Crippen LogP contribution in [0.3, 0.4) is 0 Å². The van der Waals surface area contributed by atoms with Gasteiger partial charge in [-0.1, -0.05) is 18.2 Å². The lowest BCUT2D eigenvalue weighted by molar-refractivity contribution is -0.166. The normalized spacial score (nSPS) is 24.3. The lowest BCUT2D eigenvalue weighted by atomic mass is 9.92. The summed E-state index contributed by atoms with van der Waals surface area (Å²) in [5.74, 6) is -0.860. The van der Waals surface area contributed by atoms with Crippen molar-refractivity contribution in [1.82, 2.24) is 0 Å². The number of hydrogen-bond acceptors (Lipinski definition) is 3. The quantitative estimate of drug-likeness (QED) is 0.898. The van der Waals surface area contributed by atoms with Crippen LogP contribution in [0.15, 0.2) is 24.3 Å². The topological polar surface area (TPSA) is 55.8 Å². The van der Waals surface area contributed by atoms with Gasteiger partial charge in [-0.05, 0) is 43.7 Å². The minimum Gasteiger partial charge on any atom is -0.478 e. The van der Waals surface area contributed by atoms with Crippen LogP contribution >= 0.6 is 0 Å². The molecule has 1 saturated heterocycles. The van der Waals surface area contributed by atoms with Crippen molar-refractivity contribution in [3.63, 3.8) is 0 Å². The minimum atomic E-state index is -0.860. The third-order valence-electron chi connectivity index (χ3n) is 4.27. The molecule has 2 aliphatic rings. The summed E-state index contributed by atoms with van der Waals surface area (Å²) in [7, 11) is 0. The van der Waals surface area contributed by atoms with Crippen molar-refractivity contribution in [1.29, 1.82) is 0 Å². The fourth-order valence-corrected chi connectivity index (χ4v) is 2.87. The molecule has 0 amide bonds. The second-order valence-corrected chi connectivity index (χ2v) is 5.74. The third-order valence-corrected chi connectivity index (χ3v) is 4.27. The number of carboxylic acids is 1. The Morgan fingerprint density at radius 3 is 2.80 bits per heavy atom. The fourth-order valence-electron chi connectivity index (χ4n) is 2.87. The van der Waals surface area contributed by atoms with E-state index in [1.54, 1.807) is 12.1 Å². The van der Waals surface area contributed by atoms with Crippen molar-refractivity contribution in [2.45, 2.75) is 43.8 Å². The van der Waals surface area contributed by atoms with Gasteiger partial charge in [-0.15, -0.1) is 0 Å². The van der Waals surface area contributed by atoms with Gasteiger partial charge in [0, 0.05) is 12.0 Å². The maximum absolute atomic E-state index is 11.3. The molecule has 1 aliphatic carbocycles. The summed E-state index contributed by atoms with van der Waals surface area (Å²) in [5, 5.41) is 9.31. The Labute approximate surface area is 118 Å². The van der Waals surface area contributed by atoms with Gasteiger partial charge in [0.1, 0.15) is 0 Å². The molecule has 4 nitrogen and oxygen atoms in total. The maximum Gasteiger partial charge on any atom is 0.335 e. The van der Waals surface area contributed by atoms with Crippen LogP contribution in [-0.2, 0) is 14.9 Å². The molecule has 1 aliphatic heterocycles. The Hall–Kier alpha value is -1.39. The van der Waals surface area contributed by atoms with E-state index in [9.17, 15) is 9.90 Å². The molecule has 2 fully saturated rings. The van der Waals surface area contributed by atoms with Gasteiger partial charge in [0.2, 0.25) is 0 Å². The molecule has 0 bridgehead atoms. The van der Waals surface area contributed by atoms with E-state index in [4.69, 9.17) is 9.47 Å². The van der Waals surface area contributed by atoms with Crippen molar-refractivity contribution in [2.75, 3.05) is 13.2 Å². The minimum absolute atomic E-state index is 0.113. The van der Waals surface area contributed by atoms with Crippen molar-refractivity contribution < 1.29 is 19.4 Å². The molecule has 1 aromatic rings. The molecule has 108 valence electrons. The Bertz CT molecular complexity index is 487. The highest BCUT2D eigenvalue weighted by Crippen LogP contribution is 2.49. The highest BCUT2D eigenvalue weighted by atomic mass is 16.7. The second kappa shape index (κ2) is 5.54. The van der Waals surface area contributed by atoms with Gasteiger partial charge in [-0.3, -0.25) is 0 Å². The van der Waals surface area contributed by atoms with E-state index in [-0.39, 0.29) is 11.7 Å². The lowest BCUT2D eigenvalue weighted by Gasteiger charge is -2.26. The summed E-state index contributed by atoms with van der Waals surface area (Å²) < 4.78 is 11.5. The first-order valence-electron chi connectivity index (χ1n) is 7.27. The fraction of sp³-hybridized carbons (Fsp3) is 0.562. The van der Waals surface area contributed by atoms with Gasteiger partial charge in [0.05, 0.1) is 12.2 Å². The average molecular weight is 276 g/mol. The molecular formula is C16H20O4. The van der Waals surface area contributed by atoms with Crippen molar-refractivity contribution in [3.05, 3.63) is 35.4 Å². The van der Waals surface area contributed by atoms with Crippen LogP contribution in [0.25, 0.3) is 0 Å². The predicted octanol–water partition coefficient (Wildman–Crippen LogP) is 2.96. The zero-order valence-electron chi connectivity index (χ0n) is 11.5. The van der Waals surface area contributed by atoms with Crippen LogP contribution in [0, 0.1) is 0 Å².